The van der Waals surface area contributed by atoms with Crippen LogP contribution in [0.4, 0.5) is 11.4 Å². The van der Waals surface area contributed by atoms with Gasteiger partial charge in [0.2, 0.25) is 10.0 Å². The highest BCUT2D eigenvalue weighted by molar-refractivity contribution is 7.88. The van der Waals surface area contributed by atoms with Crippen molar-refractivity contribution in [3.8, 4) is 22.5 Å². The van der Waals surface area contributed by atoms with Gasteiger partial charge in [-0.05, 0) is 30.7 Å². The second-order valence-corrected chi connectivity index (χ2v) is 11.8. The van der Waals surface area contributed by atoms with Crippen molar-refractivity contribution >= 4 is 32.4 Å². The van der Waals surface area contributed by atoms with Crippen LogP contribution in [-0.4, -0.2) is 72.6 Å². The number of benzene rings is 1. The summed E-state index contributed by atoms with van der Waals surface area (Å²) in [5.74, 6) is 0. The zero-order chi connectivity index (χ0) is 25.3. The summed E-state index contributed by atoms with van der Waals surface area (Å²) >= 11 is 0. The van der Waals surface area contributed by atoms with Gasteiger partial charge in [0.1, 0.15) is 5.52 Å². The maximum Gasteiger partial charge on any atom is 0.211 e. The van der Waals surface area contributed by atoms with E-state index >= 15 is 0 Å². The SMILES string of the molecule is CN1c2cnc3ccc(-c4ccc(-c5ccccc5)nc4)nc3c2N([C@H]2CCN(S(C)(=O)=O)C2)C2OC21. The summed E-state index contributed by atoms with van der Waals surface area (Å²) in [6, 6.07) is 18.1. The number of epoxide rings is 1. The minimum Gasteiger partial charge on any atom is -0.342 e. The number of fused-ring (bicyclic) bond motifs is 4. The number of hydrogen-bond acceptors (Lipinski definition) is 8. The largest absolute Gasteiger partial charge is 0.342 e. The molecular formula is C27H26N6O3S. The van der Waals surface area contributed by atoms with Gasteiger partial charge in [-0.1, -0.05) is 30.3 Å². The second-order valence-electron chi connectivity index (χ2n) is 9.85. The van der Waals surface area contributed by atoms with Crippen molar-refractivity contribution in [3.63, 3.8) is 0 Å². The monoisotopic (exact) mass is 514 g/mol. The number of ether oxygens (including phenoxy) is 1. The van der Waals surface area contributed by atoms with Gasteiger partial charge in [-0.3, -0.25) is 9.97 Å². The Morgan fingerprint density at radius 3 is 2.46 bits per heavy atom. The summed E-state index contributed by atoms with van der Waals surface area (Å²) in [5.41, 5.74) is 7.14. The van der Waals surface area contributed by atoms with E-state index in [2.05, 4.69) is 14.8 Å². The third kappa shape index (κ3) is 3.75. The molecule has 0 bridgehead atoms. The van der Waals surface area contributed by atoms with E-state index in [1.54, 1.807) is 4.31 Å². The van der Waals surface area contributed by atoms with E-state index in [-0.39, 0.29) is 18.5 Å². The molecule has 188 valence electrons. The topological polar surface area (TPSA) is 95.1 Å². The molecule has 0 amide bonds. The van der Waals surface area contributed by atoms with E-state index in [4.69, 9.17) is 14.7 Å². The first-order chi connectivity index (χ1) is 17.9. The number of pyridine rings is 3. The predicted octanol–water partition coefficient (Wildman–Crippen LogP) is 3.33. The van der Waals surface area contributed by atoms with Gasteiger partial charge < -0.3 is 14.5 Å². The number of aromatic nitrogens is 3. The van der Waals surface area contributed by atoms with Gasteiger partial charge >= 0.3 is 0 Å². The molecule has 3 aliphatic rings. The molecule has 2 unspecified atom stereocenters. The third-order valence-corrected chi connectivity index (χ3v) is 8.79. The fourth-order valence-corrected chi connectivity index (χ4v) is 6.40. The second kappa shape index (κ2) is 8.20. The Labute approximate surface area is 215 Å². The van der Waals surface area contributed by atoms with Crippen molar-refractivity contribution < 1.29 is 13.2 Å². The Kier molecular flexibility index (Phi) is 5.01. The molecule has 3 aliphatic heterocycles. The van der Waals surface area contributed by atoms with Crippen molar-refractivity contribution in [1.29, 1.82) is 0 Å². The predicted molar refractivity (Wildman–Crippen MR) is 143 cm³/mol. The lowest BCUT2D eigenvalue weighted by Crippen LogP contribution is -2.46. The van der Waals surface area contributed by atoms with Gasteiger partial charge in [0, 0.05) is 43.5 Å². The lowest BCUT2D eigenvalue weighted by Gasteiger charge is -2.37. The van der Waals surface area contributed by atoms with Gasteiger partial charge in [-0.25, -0.2) is 17.7 Å². The van der Waals surface area contributed by atoms with Crippen LogP contribution in [0.5, 0.6) is 0 Å². The van der Waals surface area contributed by atoms with Gasteiger partial charge in [-0.2, -0.15) is 0 Å². The fraction of sp³-hybridized carbons (Fsp3) is 0.296. The number of rotatable bonds is 4. The highest BCUT2D eigenvalue weighted by atomic mass is 32.2. The summed E-state index contributed by atoms with van der Waals surface area (Å²) in [7, 11) is -1.25. The smallest absolute Gasteiger partial charge is 0.211 e. The lowest BCUT2D eigenvalue weighted by atomic mass is 10.1. The first-order valence-corrected chi connectivity index (χ1v) is 14.2. The molecule has 37 heavy (non-hydrogen) atoms. The van der Waals surface area contributed by atoms with Crippen molar-refractivity contribution in [3.05, 3.63) is 67.0 Å². The van der Waals surface area contributed by atoms with Gasteiger partial charge in [-0.15, -0.1) is 0 Å². The summed E-state index contributed by atoms with van der Waals surface area (Å²) in [6.45, 7) is 0.937. The Balaban J connectivity index is 1.31. The van der Waals surface area contributed by atoms with Crippen LogP contribution in [0, 0.1) is 0 Å². The number of nitrogens with zero attached hydrogens (tertiary/aromatic N) is 6. The molecule has 9 nitrogen and oxygen atoms in total. The molecule has 2 saturated heterocycles. The minimum absolute atomic E-state index is 0.0000497. The maximum atomic E-state index is 12.2. The highest BCUT2D eigenvalue weighted by Gasteiger charge is 2.55. The zero-order valence-electron chi connectivity index (χ0n) is 20.5. The highest BCUT2D eigenvalue weighted by Crippen LogP contribution is 2.49. The molecule has 7 rings (SSSR count). The van der Waals surface area contributed by atoms with Gasteiger partial charge in [0.15, 0.2) is 12.5 Å². The van der Waals surface area contributed by atoms with E-state index in [1.807, 2.05) is 74.0 Å². The van der Waals surface area contributed by atoms with Crippen molar-refractivity contribution in [2.24, 2.45) is 0 Å². The van der Waals surface area contributed by atoms with Gasteiger partial charge in [0.05, 0.1) is 40.7 Å². The van der Waals surface area contributed by atoms with Crippen LogP contribution in [0.25, 0.3) is 33.5 Å². The third-order valence-electron chi connectivity index (χ3n) is 7.52. The quantitative estimate of drug-likeness (QED) is 0.383. The molecule has 0 spiro atoms. The van der Waals surface area contributed by atoms with Crippen LogP contribution < -0.4 is 9.80 Å². The van der Waals surface area contributed by atoms with Crippen LogP contribution >= 0.6 is 0 Å². The molecule has 0 aliphatic carbocycles. The standard InChI is InChI=1S/C27H26N6O3S/c1-31-23-15-29-22-11-10-21(18-8-9-20(28-14-18)17-6-4-3-5-7-17)30-24(22)25(23)33(27-26(31)36-27)19-12-13-32(16-19)37(2,34)35/h3-11,14-15,19,26-27H,12-13,16H2,1-2H3/t19-,26?,27?/m0/s1. The molecule has 0 N–H and O–H groups in total. The minimum atomic E-state index is -3.25. The molecule has 1 aromatic carbocycles. The molecule has 3 aromatic heterocycles. The molecule has 4 aromatic rings. The van der Waals surface area contributed by atoms with Crippen LogP contribution in [0.3, 0.4) is 0 Å². The number of anilines is 2. The van der Waals surface area contributed by atoms with Crippen LogP contribution in [0.15, 0.2) is 67.0 Å². The zero-order valence-corrected chi connectivity index (χ0v) is 21.3. The van der Waals surface area contributed by atoms with Crippen molar-refractivity contribution in [1.82, 2.24) is 19.3 Å². The van der Waals surface area contributed by atoms with E-state index < -0.39 is 10.0 Å². The van der Waals surface area contributed by atoms with Crippen LogP contribution in [0.1, 0.15) is 6.42 Å². The number of hydrogen-bond donors (Lipinski definition) is 0. The normalized spacial score (nSPS) is 23.2. The molecule has 2 fully saturated rings. The molecule has 10 heteroatoms. The summed E-state index contributed by atoms with van der Waals surface area (Å²) in [4.78, 5) is 18.8. The molecule has 0 saturated carbocycles. The molecule has 3 atom stereocenters. The number of likely N-dealkylation sites (N-methyl/N-ethyl adjacent to an activating group) is 1. The summed E-state index contributed by atoms with van der Waals surface area (Å²) < 4.78 is 32.0. The van der Waals surface area contributed by atoms with E-state index in [0.29, 0.717) is 13.1 Å². The summed E-state index contributed by atoms with van der Waals surface area (Å²) in [5, 5.41) is 0. The first kappa shape index (κ1) is 22.6. The molecule has 0 radical (unpaired) electrons. The van der Waals surface area contributed by atoms with E-state index in [1.165, 1.54) is 6.26 Å². The molecule has 6 heterocycles. The lowest BCUT2D eigenvalue weighted by molar-refractivity contribution is 0.357. The van der Waals surface area contributed by atoms with Crippen LogP contribution in [-0.2, 0) is 14.8 Å². The van der Waals surface area contributed by atoms with Crippen LogP contribution in [0.2, 0.25) is 0 Å². The van der Waals surface area contributed by atoms with Gasteiger partial charge in [0.25, 0.3) is 0 Å². The molecular weight excluding hydrogens is 488 g/mol. The summed E-state index contributed by atoms with van der Waals surface area (Å²) in [6.07, 6.45) is 5.51. The Bertz CT molecular complexity index is 1610. The Hall–Kier alpha value is -3.60. The van der Waals surface area contributed by atoms with Crippen molar-refractivity contribution in [2.75, 3.05) is 36.2 Å². The van der Waals surface area contributed by atoms with Crippen molar-refractivity contribution in [2.45, 2.75) is 24.9 Å². The fourth-order valence-electron chi connectivity index (χ4n) is 5.52. The van der Waals surface area contributed by atoms with E-state index in [9.17, 15) is 8.42 Å². The average Bonchev–Trinajstić information content (AvgIpc) is 3.55. The Morgan fingerprint density at radius 2 is 1.73 bits per heavy atom. The maximum absolute atomic E-state index is 12.2. The Morgan fingerprint density at radius 1 is 0.919 bits per heavy atom. The average molecular weight is 515 g/mol. The number of sulfonamides is 1. The first-order valence-electron chi connectivity index (χ1n) is 12.3. The van der Waals surface area contributed by atoms with E-state index in [0.717, 1.165) is 51.3 Å².